The molecule has 0 spiro atoms. The summed E-state index contributed by atoms with van der Waals surface area (Å²) in [7, 11) is 3.08. The van der Waals surface area contributed by atoms with Gasteiger partial charge in [-0.25, -0.2) is 4.79 Å². The number of nitrogens with one attached hydrogen (secondary N) is 1. The monoisotopic (exact) mass is 488 g/mol. The molecule has 2 N–H and O–H groups in total. The molecule has 1 aliphatic carbocycles. The van der Waals surface area contributed by atoms with Crippen molar-refractivity contribution in [1.29, 1.82) is 0 Å². The Labute approximate surface area is 209 Å². The Morgan fingerprint density at radius 3 is 2.67 bits per heavy atom. The lowest BCUT2D eigenvalue weighted by atomic mass is 9.91. The van der Waals surface area contributed by atoms with Crippen LogP contribution in [0.3, 0.4) is 0 Å². The molecule has 1 aliphatic rings. The van der Waals surface area contributed by atoms with Crippen LogP contribution in [0.25, 0.3) is 11.3 Å². The van der Waals surface area contributed by atoms with E-state index in [4.69, 9.17) is 4.42 Å². The molecule has 0 bridgehead atoms. The van der Waals surface area contributed by atoms with E-state index in [1.807, 2.05) is 13.1 Å². The van der Waals surface area contributed by atoms with Crippen LogP contribution in [-0.2, 0) is 22.4 Å². The van der Waals surface area contributed by atoms with Crippen molar-refractivity contribution >= 4 is 35.1 Å². The molecule has 1 heterocycles. The normalized spacial score (nSPS) is 13.6. The van der Waals surface area contributed by atoms with Gasteiger partial charge in [0.15, 0.2) is 12.0 Å². The van der Waals surface area contributed by atoms with Crippen molar-refractivity contribution in [2.75, 3.05) is 24.6 Å². The number of fused-ring (bicyclic) bond motifs is 1. The Bertz CT molecular complexity index is 1340. The molecule has 36 heavy (non-hydrogen) atoms. The maximum absolute atomic E-state index is 11.8. The number of methoxy groups -OCH3 is 1. The number of aryl methyl sites for hydroxylation is 2. The zero-order valence-corrected chi connectivity index (χ0v) is 20.4. The van der Waals surface area contributed by atoms with E-state index in [0.717, 1.165) is 18.5 Å². The van der Waals surface area contributed by atoms with Gasteiger partial charge in [0.1, 0.15) is 11.5 Å². The first-order valence-corrected chi connectivity index (χ1v) is 11.6. The standard InChI is InChI=1S/C27H28N4O5/c1-17(30-31(2)20-12-11-18-7-4-5-8-19(18)15-20)23(16-32)29-28-22-10-6-9-21(26(22)33)24-13-14-25(36-24)27(34)35-3/h6,9-16,28,33H,4-5,7-8H2,1-3H3/b29-23+,30-17-. The van der Waals surface area contributed by atoms with Crippen LogP contribution in [-0.4, -0.2) is 42.9 Å². The lowest BCUT2D eigenvalue weighted by molar-refractivity contribution is -0.102. The van der Waals surface area contributed by atoms with Gasteiger partial charge in [0.05, 0.1) is 29.8 Å². The molecule has 1 aromatic heterocycles. The third kappa shape index (κ3) is 5.30. The Kier molecular flexibility index (Phi) is 7.48. The third-order valence-electron chi connectivity index (χ3n) is 6.08. The van der Waals surface area contributed by atoms with Gasteiger partial charge >= 0.3 is 5.97 Å². The number of hydrazone groups is 2. The highest BCUT2D eigenvalue weighted by Gasteiger charge is 2.17. The molecule has 0 atom stereocenters. The van der Waals surface area contributed by atoms with E-state index >= 15 is 0 Å². The molecule has 0 amide bonds. The number of aldehydes is 1. The van der Waals surface area contributed by atoms with Crippen molar-refractivity contribution in [1.82, 2.24) is 0 Å². The predicted octanol–water partition coefficient (Wildman–Crippen LogP) is 4.80. The number of ether oxygens (including phenoxy) is 1. The molecular formula is C27H28N4O5. The zero-order chi connectivity index (χ0) is 25.7. The quantitative estimate of drug-likeness (QED) is 0.154. The van der Waals surface area contributed by atoms with Crippen LogP contribution in [0.5, 0.6) is 5.75 Å². The first kappa shape index (κ1) is 24.7. The molecule has 0 fully saturated rings. The lowest BCUT2D eigenvalue weighted by Gasteiger charge is -2.20. The minimum absolute atomic E-state index is 0.0152. The van der Waals surface area contributed by atoms with Crippen LogP contribution in [0.2, 0.25) is 0 Å². The van der Waals surface area contributed by atoms with E-state index in [2.05, 4.69) is 32.5 Å². The van der Waals surface area contributed by atoms with Gasteiger partial charge in [0, 0.05) is 7.05 Å². The van der Waals surface area contributed by atoms with Crippen molar-refractivity contribution in [2.24, 2.45) is 10.2 Å². The molecule has 2 aromatic carbocycles. The number of aromatic hydroxyl groups is 1. The number of furan rings is 1. The summed E-state index contributed by atoms with van der Waals surface area (Å²) >= 11 is 0. The Balaban J connectivity index is 1.52. The van der Waals surface area contributed by atoms with Crippen LogP contribution in [0.15, 0.2) is 63.2 Å². The number of para-hydroxylation sites is 1. The first-order valence-electron chi connectivity index (χ1n) is 11.6. The maximum atomic E-state index is 11.8. The highest BCUT2D eigenvalue weighted by molar-refractivity contribution is 6.61. The number of esters is 1. The molecule has 0 saturated carbocycles. The van der Waals surface area contributed by atoms with Gasteiger partial charge in [0.2, 0.25) is 5.76 Å². The van der Waals surface area contributed by atoms with E-state index in [9.17, 15) is 14.7 Å². The van der Waals surface area contributed by atoms with Gasteiger partial charge in [-0.3, -0.25) is 15.2 Å². The predicted molar refractivity (Wildman–Crippen MR) is 139 cm³/mol. The molecule has 0 unspecified atom stereocenters. The summed E-state index contributed by atoms with van der Waals surface area (Å²) in [6.07, 6.45) is 5.18. The van der Waals surface area contributed by atoms with Crippen LogP contribution in [0.1, 0.15) is 41.4 Å². The minimum atomic E-state index is -0.620. The van der Waals surface area contributed by atoms with Crippen LogP contribution < -0.4 is 10.4 Å². The summed E-state index contributed by atoms with van der Waals surface area (Å²) in [6, 6.07) is 14.2. The Morgan fingerprint density at radius 1 is 1.14 bits per heavy atom. The smallest absolute Gasteiger partial charge is 0.373 e. The van der Waals surface area contributed by atoms with Crippen molar-refractivity contribution in [3.05, 3.63) is 65.4 Å². The number of carbonyl (C=O) groups is 2. The average Bonchev–Trinajstić information content (AvgIpc) is 3.39. The molecule has 9 heteroatoms. The number of phenols is 1. The van der Waals surface area contributed by atoms with Gasteiger partial charge in [-0.2, -0.15) is 10.2 Å². The molecule has 0 aliphatic heterocycles. The van der Waals surface area contributed by atoms with Gasteiger partial charge in [-0.1, -0.05) is 12.1 Å². The van der Waals surface area contributed by atoms with Crippen molar-refractivity contribution in [3.8, 4) is 17.1 Å². The highest BCUT2D eigenvalue weighted by atomic mass is 16.5. The van der Waals surface area contributed by atoms with Crippen LogP contribution in [0, 0.1) is 0 Å². The van der Waals surface area contributed by atoms with Crippen molar-refractivity contribution in [2.45, 2.75) is 32.6 Å². The van der Waals surface area contributed by atoms with Gasteiger partial charge in [-0.05, 0) is 80.1 Å². The summed E-state index contributed by atoms with van der Waals surface area (Å²) in [5.74, 6) is -0.481. The summed E-state index contributed by atoms with van der Waals surface area (Å²) in [4.78, 5) is 23.4. The number of hydrogen-bond donors (Lipinski definition) is 2. The van der Waals surface area contributed by atoms with Gasteiger partial charge in [-0.15, -0.1) is 0 Å². The number of phenolic OH excluding ortho intramolecular Hbond substituents is 1. The molecule has 0 radical (unpaired) electrons. The van der Waals surface area contributed by atoms with E-state index in [1.165, 1.54) is 37.1 Å². The minimum Gasteiger partial charge on any atom is -0.505 e. The maximum Gasteiger partial charge on any atom is 0.373 e. The highest BCUT2D eigenvalue weighted by Crippen LogP contribution is 2.36. The Morgan fingerprint density at radius 2 is 1.92 bits per heavy atom. The van der Waals surface area contributed by atoms with Crippen LogP contribution >= 0.6 is 0 Å². The van der Waals surface area contributed by atoms with Crippen molar-refractivity contribution < 1.29 is 23.8 Å². The summed E-state index contributed by atoms with van der Waals surface area (Å²) in [5, 5.41) is 21.1. The average molecular weight is 489 g/mol. The second-order valence-corrected chi connectivity index (χ2v) is 8.45. The van der Waals surface area contributed by atoms with E-state index in [0.29, 0.717) is 17.6 Å². The number of rotatable bonds is 8. The number of anilines is 2. The third-order valence-corrected chi connectivity index (χ3v) is 6.08. The fourth-order valence-corrected chi connectivity index (χ4v) is 4.09. The SMILES string of the molecule is COC(=O)c1ccc(-c2cccc(N/N=C(C=O)/C(C)=N\N(C)c3ccc4c(c3)CCCC4)c2O)o1. The molecule has 4 rings (SSSR count). The van der Waals surface area contributed by atoms with E-state index in [1.54, 1.807) is 36.2 Å². The fraction of sp³-hybridized carbons (Fsp3) is 0.259. The van der Waals surface area contributed by atoms with E-state index < -0.39 is 5.97 Å². The van der Waals surface area contributed by atoms with E-state index in [-0.39, 0.29) is 28.7 Å². The Hall–Kier alpha value is -4.40. The number of nitrogens with zero attached hydrogens (tertiary/aromatic N) is 3. The van der Waals surface area contributed by atoms with Gasteiger partial charge < -0.3 is 14.3 Å². The van der Waals surface area contributed by atoms with Crippen molar-refractivity contribution in [3.63, 3.8) is 0 Å². The van der Waals surface area contributed by atoms with Gasteiger partial charge in [0.25, 0.3) is 0 Å². The fourth-order valence-electron chi connectivity index (χ4n) is 4.09. The summed E-state index contributed by atoms with van der Waals surface area (Å²) < 4.78 is 10.1. The van der Waals surface area contributed by atoms with Crippen LogP contribution in [0.4, 0.5) is 11.4 Å². The first-order chi connectivity index (χ1) is 17.4. The molecule has 0 saturated heterocycles. The zero-order valence-electron chi connectivity index (χ0n) is 20.4. The molecular weight excluding hydrogens is 460 g/mol. The second-order valence-electron chi connectivity index (χ2n) is 8.45. The number of carbonyl (C=O) groups excluding carboxylic acids is 2. The molecule has 3 aromatic rings. The second kappa shape index (κ2) is 10.9. The molecule has 186 valence electrons. The summed E-state index contributed by atoms with van der Waals surface area (Å²) in [6.45, 7) is 1.69. The largest absolute Gasteiger partial charge is 0.505 e. The topological polar surface area (TPSA) is 117 Å². The summed E-state index contributed by atoms with van der Waals surface area (Å²) in [5.41, 5.74) is 7.46. The number of hydrogen-bond acceptors (Lipinski definition) is 9. The number of benzene rings is 2. The lowest BCUT2D eigenvalue weighted by Crippen LogP contribution is -2.20. The molecule has 9 nitrogen and oxygen atoms in total.